The number of hydrogen-bond donors (Lipinski definition) is 1. The molecule has 0 aromatic heterocycles. The monoisotopic (exact) mass is 308 g/mol. The Hall–Kier alpha value is -1.82. The van der Waals surface area contributed by atoms with Crippen LogP contribution in [0.15, 0.2) is 18.2 Å². The molecule has 0 saturated heterocycles. The number of unbranched alkanes of at least 4 members (excludes halogenated alkanes) is 1. The highest BCUT2D eigenvalue weighted by Crippen LogP contribution is 2.32. The molecular weight excluding hydrogens is 288 g/mol. The Labute approximate surface area is 130 Å². The number of rotatable bonds is 7. The van der Waals surface area contributed by atoms with Gasteiger partial charge in [-0.2, -0.15) is 0 Å². The number of ether oxygens (including phenoxy) is 2. The summed E-state index contributed by atoms with van der Waals surface area (Å²) in [6.07, 6.45) is 2.51. The molecule has 114 valence electrons. The third kappa shape index (κ3) is 4.07. The minimum atomic E-state index is -0.0296. The van der Waals surface area contributed by atoms with Crippen molar-refractivity contribution in [1.82, 2.24) is 4.90 Å². The first-order valence-corrected chi connectivity index (χ1v) is 7.50. The summed E-state index contributed by atoms with van der Waals surface area (Å²) in [5.41, 5.74) is 6.13. The van der Waals surface area contributed by atoms with E-state index in [4.69, 9.17) is 27.4 Å². The quantitative estimate of drug-likeness (QED) is 0.783. The summed E-state index contributed by atoms with van der Waals surface area (Å²) >= 11 is 4.90. The van der Waals surface area contributed by atoms with Gasteiger partial charge in [0.2, 0.25) is 6.79 Å². The molecule has 0 saturated carbocycles. The normalized spacial score (nSPS) is 12.2. The SMILES string of the molecule is CCCCN(CCC(N)=S)C(=O)c1ccc2c(c1)OCO2. The highest BCUT2D eigenvalue weighted by atomic mass is 32.1. The van der Waals surface area contributed by atoms with E-state index >= 15 is 0 Å². The Bertz CT molecular complexity index is 534. The summed E-state index contributed by atoms with van der Waals surface area (Å²) in [6.45, 7) is 3.54. The van der Waals surface area contributed by atoms with Gasteiger partial charge in [0, 0.05) is 25.1 Å². The van der Waals surface area contributed by atoms with Crippen molar-refractivity contribution in [3.63, 3.8) is 0 Å². The molecule has 0 radical (unpaired) electrons. The maximum atomic E-state index is 12.6. The van der Waals surface area contributed by atoms with Gasteiger partial charge >= 0.3 is 0 Å². The Morgan fingerprint density at radius 1 is 1.33 bits per heavy atom. The average Bonchev–Trinajstić information content (AvgIpc) is 2.93. The molecular formula is C15H20N2O3S. The van der Waals surface area contributed by atoms with Gasteiger partial charge in [0.1, 0.15) is 0 Å². The van der Waals surface area contributed by atoms with E-state index < -0.39 is 0 Å². The van der Waals surface area contributed by atoms with Crippen LogP contribution in [0.2, 0.25) is 0 Å². The van der Waals surface area contributed by atoms with Crippen LogP contribution >= 0.6 is 12.2 Å². The number of thiocarbonyl (C=S) groups is 1. The second-order valence-electron chi connectivity index (χ2n) is 4.93. The van der Waals surface area contributed by atoms with Crippen LogP contribution in [-0.2, 0) is 0 Å². The second kappa shape index (κ2) is 7.26. The number of hydrogen-bond acceptors (Lipinski definition) is 4. The molecule has 1 aromatic rings. The van der Waals surface area contributed by atoms with Crippen molar-refractivity contribution in [3.05, 3.63) is 23.8 Å². The lowest BCUT2D eigenvalue weighted by Gasteiger charge is -2.22. The largest absolute Gasteiger partial charge is 0.454 e. The summed E-state index contributed by atoms with van der Waals surface area (Å²) in [6, 6.07) is 5.25. The number of amides is 1. The van der Waals surface area contributed by atoms with E-state index in [-0.39, 0.29) is 12.7 Å². The number of carbonyl (C=O) groups is 1. The van der Waals surface area contributed by atoms with Crippen molar-refractivity contribution in [1.29, 1.82) is 0 Å². The highest BCUT2D eigenvalue weighted by molar-refractivity contribution is 7.80. The standard InChI is InChI=1S/C15H20N2O3S/c1-2-3-7-17(8-6-14(16)21)15(18)11-4-5-12-13(9-11)20-10-19-12/h4-5,9H,2-3,6-8,10H2,1H3,(H2,16,21). The van der Waals surface area contributed by atoms with Crippen LogP contribution in [0.25, 0.3) is 0 Å². The Morgan fingerprint density at radius 3 is 2.81 bits per heavy atom. The lowest BCUT2D eigenvalue weighted by Crippen LogP contribution is -2.34. The fourth-order valence-corrected chi connectivity index (χ4v) is 2.21. The molecule has 1 amide bonds. The predicted octanol–water partition coefficient (Wildman–Crippen LogP) is 2.33. The van der Waals surface area contributed by atoms with Gasteiger partial charge in [-0.15, -0.1) is 0 Å². The molecule has 0 atom stereocenters. The Balaban J connectivity index is 2.10. The third-order valence-electron chi connectivity index (χ3n) is 3.32. The van der Waals surface area contributed by atoms with Crippen LogP contribution in [0.5, 0.6) is 11.5 Å². The lowest BCUT2D eigenvalue weighted by atomic mass is 10.1. The van der Waals surface area contributed by atoms with Gasteiger partial charge in [-0.1, -0.05) is 25.6 Å². The number of nitrogens with zero attached hydrogens (tertiary/aromatic N) is 1. The molecule has 21 heavy (non-hydrogen) atoms. The molecule has 1 aromatic carbocycles. The van der Waals surface area contributed by atoms with E-state index in [9.17, 15) is 4.79 Å². The first-order valence-electron chi connectivity index (χ1n) is 7.09. The number of carbonyl (C=O) groups excluding carboxylic acids is 1. The molecule has 5 nitrogen and oxygen atoms in total. The fourth-order valence-electron chi connectivity index (χ4n) is 2.12. The molecule has 1 aliphatic heterocycles. The van der Waals surface area contributed by atoms with Crippen LogP contribution < -0.4 is 15.2 Å². The second-order valence-corrected chi connectivity index (χ2v) is 5.45. The minimum absolute atomic E-state index is 0.0296. The van der Waals surface area contributed by atoms with Crippen LogP contribution in [0.4, 0.5) is 0 Å². The van der Waals surface area contributed by atoms with Gasteiger partial charge in [0.15, 0.2) is 11.5 Å². The molecule has 0 unspecified atom stereocenters. The van der Waals surface area contributed by atoms with E-state index in [1.807, 2.05) is 0 Å². The van der Waals surface area contributed by atoms with Gasteiger partial charge < -0.3 is 20.1 Å². The smallest absolute Gasteiger partial charge is 0.254 e. The molecule has 1 aliphatic rings. The molecule has 0 bridgehead atoms. The van der Waals surface area contributed by atoms with Gasteiger partial charge in [-0.25, -0.2) is 0 Å². The molecule has 0 aliphatic carbocycles. The van der Waals surface area contributed by atoms with E-state index in [0.717, 1.165) is 12.8 Å². The summed E-state index contributed by atoms with van der Waals surface area (Å²) in [7, 11) is 0. The minimum Gasteiger partial charge on any atom is -0.454 e. The zero-order chi connectivity index (χ0) is 15.2. The van der Waals surface area contributed by atoms with E-state index in [1.54, 1.807) is 23.1 Å². The molecule has 0 fully saturated rings. The average molecular weight is 308 g/mol. The maximum Gasteiger partial charge on any atom is 0.254 e. The Morgan fingerprint density at radius 2 is 2.10 bits per heavy atom. The number of fused-ring (bicyclic) bond motifs is 1. The fraction of sp³-hybridized carbons (Fsp3) is 0.467. The molecule has 0 spiro atoms. The topological polar surface area (TPSA) is 64.8 Å². The zero-order valence-corrected chi connectivity index (χ0v) is 12.9. The number of nitrogens with two attached hydrogens (primary N) is 1. The van der Waals surface area contributed by atoms with Crippen LogP contribution in [0.3, 0.4) is 0 Å². The summed E-state index contributed by atoms with van der Waals surface area (Å²) in [5, 5.41) is 0. The van der Waals surface area contributed by atoms with Crippen molar-refractivity contribution in [2.24, 2.45) is 5.73 Å². The van der Waals surface area contributed by atoms with Crippen molar-refractivity contribution >= 4 is 23.1 Å². The van der Waals surface area contributed by atoms with E-state index in [1.165, 1.54) is 0 Å². The van der Waals surface area contributed by atoms with Gasteiger partial charge in [-0.3, -0.25) is 4.79 Å². The molecule has 2 rings (SSSR count). The molecule has 2 N–H and O–H groups in total. The van der Waals surface area contributed by atoms with Gasteiger partial charge in [0.25, 0.3) is 5.91 Å². The first kappa shape index (κ1) is 15.6. The maximum absolute atomic E-state index is 12.6. The van der Waals surface area contributed by atoms with Gasteiger partial charge in [0.05, 0.1) is 4.99 Å². The van der Waals surface area contributed by atoms with E-state index in [0.29, 0.717) is 41.6 Å². The summed E-state index contributed by atoms with van der Waals surface area (Å²) < 4.78 is 10.6. The zero-order valence-electron chi connectivity index (χ0n) is 12.1. The van der Waals surface area contributed by atoms with Crippen molar-refractivity contribution in [2.45, 2.75) is 26.2 Å². The summed E-state index contributed by atoms with van der Waals surface area (Å²) in [5.74, 6) is 1.26. The highest BCUT2D eigenvalue weighted by Gasteiger charge is 2.20. The van der Waals surface area contributed by atoms with E-state index in [2.05, 4.69) is 6.92 Å². The van der Waals surface area contributed by atoms with Crippen LogP contribution in [-0.4, -0.2) is 35.7 Å². The van der Waals surface area contributed by atoms with Crippen molar-refractivity contribution in [3.8, 4) is 11.5 Å². The van der Waals surface area contributed by atoms with Crippen molar-refractivity contribution in [2.75, 3.05) is 19.9 Å². The number of benzene rings is 1. The van der Waals surface area contributed by atoms with Crippen LogP contribution in [0.1, 0.15) is 36.5 Å². The lowest BCUT2D eigenvalue weighted by molar-refractivity contribution is 0.0757. The predicted molar refractivity (Wildman–Crippen MR) is 84.8 cm³/mol. The third-order valence-corrected chi connectivity index (χ3v) is 3.52. The van der Waals surface area contributed by atoms with Crippen LogP contribution in [0, 0.1) is 0 Å². The van der Waals surface area contributed by atoms with Gasteiger partial charge in [-0.05, 0) is 24.6 Å². The first-order chi connectivity index (χ1) is 10.1. The van der Waals surface area contributed by atoms with Crippen molar-refractivity contribution < 1.29 is 14.3 Å². The molecule has 1 heterocycles. The molecule has 6 heteroatoms. The Kier molecular flexibility index (Phi) is 5.38. The summed E-state index contributed by atoms with van der Waals surface area (Å²) in [4.78, 5) is 14.8.